The Morgan fingerprint density at radius 2 is 1.74 bits per heavy atom. The molecule has 0 amide bonds. The minimum absolute atomic E-state index is 0.00634. The molecule has 0 N–H and O–H groups in total. The maximum atomic E-state index is 12.6. The fourth-order valence-corrected chi connectivity index (χ4v) is 2.88. The minimum Gasteiger partial charge on any atom is -0.723 e. The van der Waals surface area contributed by atoms with E-state index >= 15 is 0 Å². The SMILES string of the molecule is O=[N+]([O-])c1nn(-c2ccc(Cl)cc2)[n+]([O-])c1N1CCCCCC1. The highest BCUT2D eigenvalue weighted by atomic mass is 35.5. The van der Waals surface area contributed by atoms with Crippen molar-refractivity contribution in [1.82, 2.24) is 9.90 Å². The van der Waals surface area contributed by atoms with Gasteiger partial charge in [-0.15, -0.1) is 0 Å². The fraction of sp³-hybridized carbons (Fsp3) is 0.429. The Balaban J connectivity index is 2.07. The summed E-state index contributed by atoms with van der Waals surface area (Å²) in [5.41, 5.74) is 0.425. The van der Waals surface area contributed by atoms with E-state index < -0.39 is 10.7 Å². The molecule has 0 aliphatic carbocycles. The summed E-state index contributed by atoms with van der Waals surface area (Å²) in [5, 5.41) is 28.4. The van der Waals surface area contributed by atoms with Crippen LogP contribution in [0.4, 0.5) is 11.6 Å². The Morgan fingerprint density at radius 3 is 2.30 bits per heavy atom. The van der Waals surface area contributed by atoms with Crippen LogP contribution in [0.1, 0.15) is 25.7 Å². The molecule has 0 radical (unpaired) electrons. The van der Waals surface area contributed by atoms with Gasteiger partial charge in [-0.1, -0.05) is 29.2 Å². The molecule has 1 aliphatic heterocycles. The molecule has 0 unspecified atom stereocenters. The van der Waals surface area contributed by atoms with Gasteiger partial charge in [-0.25, -0.2) is 0 Å². The van der Waals surface area contributed by atoms with Gasteiger partial charge in [0, 0.05) is 10.1 Å². The van der Waals surface area contributed by atoms with Crippen LogP contribution in [-0.2, 0) is 0 Å². The molecule has 1 aromatic heterocycles. The standard InChI is InChI=1S/C14H16ClN5O3/c15-11-5-7-12(8-6-11)18-16-13(20(22)23)14(19(18)21)17-9-3-1-2-4-10-17/h5-8H,1-4,9-10H2. The van der Waals surface area contributed by atoms with Crippen LogP contribution in [0.25, 0.3) is 5.69 Å². The summed E-state index contributed by atoms with van der Waals surface area (Å²) in [4.78, 5) is 14.0. The number of anilines is 1. The Morgan fingerprint density at radius 1 is 1.13 bits per heavy atom. The van der Waals surface area contributed by atoms with E-state index in [0.717, 1.165) is 30.5 Å². The molecule has 0 saturated carbocycles. The molecular weight excluding hydrogens is 322 g/mol. The second-order valence-corrected chi connectivity index (χ2v) is 5.88. The van der Waals surface area contributed by atoms with Crippen LogP contribution in [0, 0.1) is 15.3 Å². The number of aromatic nitrogens is 3. The van der Waals surface area contributed by atoms with Crippen LogP contribution in [0.5, 0.6) is 0 Å². The van der Waals surface area contributed by atoms with Gasteiger partial charge in [0.1, 0.15) is 5.69 Å². The second kappa shape index (κ2) is 6.41. The summed E-state index contributed by atoms with van der Waals surface area (Å²) in [7, 11) is 0. The van der Waals surface area contributed by atoms with Crippen LogP contribution in [-0.4, -0.2) is 27.9 Å². The lowest BCUT2D eigenvalue weighted by atomic mass is 10.2. The van der Waals surface area contributed by atoms with Crippen molar-refractivity contribution in [3.8, 4) is 5.69 Å². The monoisotopic (exact) mass is 337 g/mol. The van der Waals surface area contributed by atoms with E-state index in [1.807, 2.05) is 0 Å². The lowest BCUT2D eigenvalue weighted by Crippen LogP contribution is -2.43. The van der Waals surface area contributed by atoms with Crippen LogP contribution in [0.3, 0.4) is 0 Å². The maximum absolute atomic E-state index is 12.6. The fourth-order valence-electron chi connectivity index (χ4n) is 2.75. The summed E-state index contributed by atoms with van der Waals surface area (Å²) >= 11 is 5.83. The molecule has 8 nitrogen and oxygen atoms in total. The van der Waals surface area contributed by atoms with Crippen molar-refractivity contribution in [2.24, 2.45) is 0 Å². The first kappa shape index (κ1) is 15.5. The molecule has 1 aliphatic rings. The Bertz CT molecular complexity index is 708. The van der Waals surface area contributed by atoms with Crippen molar-refractivity contribution in [1.29, 1.82) is 0 Å². The molecule has 0 bridgehead atoms. The van der Waals surface area contributed by atoms with Gasteiger partial charge in [-0.2, -0.15) is 4.85 Å². The molecule has 0 atom stereocenters. The van der Waals surface area contributed by atoms with Crippen LogP contribution >= 0.6 is 11.6 Å². The number of nitrogens with zero attached hydrogens (tertiary/aromatic N) is 5. The minimum atomic E-state index is -0.610. The number of halogens is 1. The van der Waals surface area contributed by atoms with E-state index in [1.165, 1.54) is 0 Å². The number of rotatable bonds is 3. The van der Waals surface area contributed by atoms with Crippen molar-refractivity contribution in [3.05, 3.63) is 44.6 Å². The first-order valence-electron chi connectivity index (χ1n) is 7.46. The number of hydrogen-bond acceptors (Lipinski definition) is 5. The van der Waals surface area contributed by atoms with E-state index in [2.05, 4.69) is 5.10 Å². The maximum Gasteiger partial charge on any atom is 0.428 e. The van der Waals surface area contributed by atoms with Crippen molar-refractivity contribution in [3.63, 3.8) is 0 Å². The molecule has 3 rings (SSSR count). The normalized spacial score (nSPS) is 15.4. The lowest BCUT2D eigenvalue weighted by molar-refractivity contribution is -0.677. The lowest BCUT2D eigenvalue weighted by Gasteiger charge is -2.18. The third-order valence-corrected chi connectivity index (χ3v) is 4.13. The van der Waals surface area contributed by atoms with Gasteiger partial charge in [-0.3, -0.25) is 4.90 Å². The van der Waals surface area contributed by atoms with E-state index in [9.17, 15) is 15.3 Å². The molecule has 122 valence electrons. The summed E-state index contributed by atoms with van der Waals surface area (Å²) in [6.45, 7) is 1.24. The zero-order chi connectivity index (χ0) is 16.4. The van der Waals surface area contributed by atoms with Crippen LogP contribution < -0.4 is 9.75 Å². The first-order valence-corrected chi connectivity index (χ1v) is 7.84. The van der Waals surface area contributed by atoms with Crippen LogP contribution in [0.2, 0.25) is 5.02 Å². The van der Waals surface area contributed by atoms with E-state index in [4.69, 9.17) is 11.6 Å². The van der Waals surface area contributed by atoms with Gasteiger partial charge in [-0.05, 0) is 42.0 Å². The largest absolute Gasteiger partial charge is 0.723 e. The highest BCUT2D eigenvalue weighted by Crippen LogP contribution is 2.25. The van der Waals surface area contributed by atoms with E-state index in [1.54, 1.807) is 29.2 Å². The Labute approximate surface area is 137 Å². The summed E-state index contributed by atoms with van der Waals surface area (Å²) in [5.74, 6) is -0.413. The van der Waals surface area contributed by atoms with Crippen molar-refractivity contribution in [2.45, 2.75) is 25.7 Å². The summed E-state index contributed by atoms with van der Waals surface area (Å²) < 4.78 is 0. The van der Waals surface area contributed by atoms with Gasteiger partial charge in [0.15, 0.2) is 0 Å². The summed E-state index contributed by atoms with van der Waals surface area (Å²) in [6, 6.07) is 6.41. The zero-order valence-corrected chi connectivity index (χ0v) is 13.1. The molecule has 1 fully saturated rings. The van der Waals surface area contributed by atoms with E-state index in [-0.39, 0.29) is 5.82 Å². The molecule has 1 aromatic carbocycles. The predicted octanol–water partition coefficient (Wildman–Crippen LogP) is 2.45. The van der Waals surface area contributed by atoms with Gasteiger partial charge in [0.25, 0.3) is 0 Å². The molecular formula is C14H16ClN5O3. The number of benzene rings is 1. The highest BCUT2D eigenvalue weighted by molar-refractivity contribution is 6.30. The molecule has 2 heterocycles. The molecule has 1 saturated heterocycles. The molecule has 9 heteroatoms. The summed E-state index contributed by atoms with van der Waals surface area (Å²) in [6.07, 6.45) is 3.94. The molecule has 0 spiro atoms. The predicted molar refractivity (Wildman–Crippen MR) is 84.9 cm³/mol. The van der Waals surface area contributed by atoms with Crippen molar-refractivity contribution in [2.75, 3.05) is 18.0 Å². The zero-order valence-electron chi connectivity index (χ0n) is 12.4. The Hall–Kier alpha value is -2.35. The van der Waals surface area contributed by atoms with Crippen molar-refractivity contribution >= 4 is 23.2 Å². The first-order chi connectivity index (χ1) is 11.1. The Kier molecular flexibility index (Phi) is 4.33. The van der Waals surface area contributed by atoms with E-state index in [0.29, 0.717) is 28.6 Å². The van der Waals surface area contributed by atoms with Gasteiger partial charge < -0.3 is 15.3 Å². The average molecular weight is 338 g/mol. The number of hydrogen-bond donors (Lipinski definition) is 0. The van der Waals surface area contributed by atoms with Gasteiger partial charge in [0.05, 0.1) is 13.1 Å². The third-order valence-electron chi connectivity index (χ3n) is 3.88. The van der Waals surface area contributed by atoms with Crippen LogP contribution in [0.15, 0.2) is 24.3 Å². The average Bonchev–Trinajstić information content (AvgIpc) is 2.72. The molecule has 2 aromatic rings. The quantitative estimate of drug-likeness (QED) is 0.371. The topological polar surface area (TPSA) is 91.1 Å². The van der Waals surface area contributed by atoms with Crippen molar-refractivity contribution < 1.29 is 9.77 Å². The van der Waals surface area contributed by atoms with Gasteiger partial charge in [0.2, 0.25) is 0 Å². The third kappa shape index (κ3) is 3.07. The molecule has 23 heavy (non-hydrogen) atoms. The highest BCUT2D eigenvalue weighted by Gasteiger charge is 2.33. The smallest absolute Gasteiger partial charge is 0.428 e. The van der Waals surface area contributed by atoms with Gasteiger partial charge >= 0.3 is 11.6 Å². The number of nitro groups is 1. The second-order valence-electron chi connectivity index (χ2n) is 5.44.